The molecule has 84 valence electrons. The minimum Gasteiger partial charge on any atom is -0.374 e. The second-order valence-corrected chi connectivity index (χ2v) is 5.79. The van der Waals surface area contributed by atoms with Gasteiger partial charge in [-0.15, -0.1) is 10.2 Å². The lowest BCUT2D eigenvalue weighted by Crippen LogP contribution is -2.12. The molecule has 15 heavy (non-hydrogen) atoms. The van der Waals surface area contributed by atoms with Crippen LogP contribution >= 0.6 is 11.3 Å². The van der Waals surface area contributed by atoms with E-state index in [9.17, 15) is 0 Å². The van der Waals surface area contributed by atoms with E-state index >= 15 is 0 Å². The van der Waals surface area contributed by atoms with Crippen molar-refractivity contribution in [1.29, 1.82) is 0 Å². The van der Waals surface area contributed by atoms with Crippen molar-refractivity contribution >= 4 is 16.5 Å². The SMILES string of the molecule is CC1CCC(CCc2nnc(N)s2)CC1. The highest BCUT2D eigenvalue weighted by Crippen LogP contribution is 2.31. The summed E-state index contributed by atoms with van der Waals surface area (Å²) >= 11 is 1.53. The van der Waals surface area contributed by atoms with Gasteiger partial charge in [-0.1, -0.05) is 43.9 Å². The van der Waals surface area contributed by atoms with Crippen molar-refractivity contribution in [2.75, 3.05) is 5.73 Å². The molecular weight excluding hydrogens is 206 g/mol. The number of rotatable bonds is 3. The summed E-state index contributed by atoms with van der Waals surface area (Å²) in [6.07, 6.45) is 7.94. The predicted molar refractivity (Wildman–Crippen MR) is 63.8 cm³/mol. The fourth-order valence-electron chi connectivity index (χ4n) is 2.31. The van der Waals surface area contributed by atoms with Gasteiger partial charge in [0, 0.05) is 6.42 Å². The number of nitrogens with zero attached hydrogens (tertiary/aromatic N) is 2. The molecule has 2 rings (SSSR count). The van der Waals surface area contributed by atoms with E-state index in [1.165, 1.54) is 43.4 Å². The predicted octanol–water partition coefficient (Wildman–Crippen LogP) is 2.88. The number of anilines is 1. The molecule has 1 heterocycles. The Hall–Kier alpha value is -0.640. The molecule has 0 saturated heterocycles. The number of aryl methyl sites for hydroxylation is 1. The highest BCUT2D eigenvalue weighted by atomic mass is 32.1. The molecule has 0 aromatic carbocycles. The molecule has 0 spiro atoms. The van der Waals surface area contributed by atoms with Gasteiger partial charge < -0.3 is 5.73 Å². The average molecular weight is 225 g/mol. The van der Waals surface area contributed by atoms with Crippen LogP contribution in [0.25, 0.3) is 0 Å². The lowest BCUT2D eigenvalue weighted by molar-refractivity contribution is 0.277. The molecule has 4 heteroatoms. The van der Waals surface area contributed by atoms with Gasteiger partial charge in [0.1, 0.15) is 5.01 Å². The van der Waals surface area contributed by atoms with Gasteiger partial charge in [-0.3, -0.25) is 0 Å². The van der Waals surface area contributed by atoms with Crippen LogP contribution in [-0.2, 0) is 6.42 Å². The maximum absolute atomic E-state index is 5.55. The lowest BCUT2D eigenvalue weighted by atomic mass is 9.81. The monoisotopic (exact) mass is 225 g/mol. The molecule has 0 bridgehead atoms. The molecule has 1 fully saturated rings. The molecule has 0 atom stereocenters. The first-order chi connectivity index (χ1) is 7.24. The third-order valence-corrected chi connectivity index (χ3v) is 4.20. The first-order valence-corrected chi connectivity index (χ1v) is 6.63. The lowest BCUT2D eigenvalue weighted by Gasteiger charge is -2.25. The summed E-state index contributed by atoms with van der Waals surface area (Å²) in [6, 6.07) is 0. The first-order valence-electron chi connectivity index (χ1n) is 5.82. The van der Waals surface area contributed by atoms with Crippen LogP contribution in [0.15, 0.2) is 0 Å². The fourth-order valence-corrected chi connectivity index (χ4v) is 2.94. The van der Waals surface area contributed by atoms with Crippen molar-refractivity contribution in [3.63, 3.8) is 0 Å². The molecule has 0 aliphatic heterocycles. The van der Waals surface area contributed by atoms with Gasteiger partial charge in [-0.25, -0.2) is 0 Å². The van der Waals surface area contributed by atoms with Crippen molar-refractivity contribution in [1.82, 2.24) is 10.2 Å². The number of aromatic nitrogens is 2. The highest BCUT2D eigenvalue weighted by Gasteiger charge is 2.18. The normalized spacial score (nSPS) is 26.7. The molecule has 1 aliphatic rings. The molecule has 1 aromatic rings. The van der Waals surface area contributed by atoms with Gasteiger partial charge in [-0.2, -0.15) is 0 Å². The zero-order valence-electron chi connectivity index (χ0n) is 9.28. The molecule has 1 saturated carbocycles. The number of hydrogen-bond acceptors (Lipinski definition) is 4. The Kier molecular flexibility index (Phi) is 3.57. The van der Waals surface area contributed by atoms with Gasteiger partial charge in [-0.05, 0) is 18.3 Å². The van der Waals surface area contributed by atoms with Crippen LogP contribution in [0.5, 0.6) is 0 Å². The van der Waals surface area contributed by atoms with Crippen LogP contribution in [0.2, 0.25) is 0 Å². The standard InChI is InChI=1S/C11H19N3S/c1-8-2-4-9(5-3-8)6-7-10-13-14-11(12)15-10/h8-9H,2-7H2,1H3,(H2,12,14). The van der Waals surface area contributed by atoms with Crippen molar-refractivity contribution in [2.45, 2.75) is 45.4 Å². The van der Waals surface area contributed by atoms with Crippen molar-refractivity contribution in [3.05, 3.63) is 5.01 Å². The Morgan fingerprint density at radius 3 is 2.60 bits per heavy atom. The van der Waals surface area contributed by atoms with E-state index in [0.29, 0.717) is 5.13 Å². The summed E-state index contributed by atoms with van der Waals surface area (Å²) < 4.78 is 0. The van der Waals surface area contributed by atoms with Crippen LogP contribution in [-0.4, -0.2) is 10.2 Å². The number of nitrogens with two attached hydrogens (primary N) is 1. The molecule has 2 N–H and O–H groups in total. The van der Waals surface area contributed by atoms with Crippen LogP contribution < -0.4 is 5.73 Å². The molecule has 3 nitrogen and oxygen atoms in total. The maximum atomic E-state index is 5.55. The van der Waals surface area contributed by atoms with Gasteiger partial charge in [0.15, 0.2) is 0 Å². The topological polar surface area (TPSA) is 51.8 Å². The van der Waals surface area contributed by atoms with Gasteiger partial charge in [0.2, 0.25) is 5.13 Å². The minimum absolute atomic E-state index is 0.599. The zero-order chi connectivity index (χ0) is 10.7. The van der Waals surface area contributed by atoms with E-state index in [2.05, 4.69) is 17.1 Å². The largest absolute Gasteiger partial charge is 0.374 e. The molecule has 1 aromatic heterocycles. The summed E-state index contributed by atoms with van der Waals surface area (Å²) in [5.74, 6) is 1.85. The van der Waals surface area contributed by atoms with E-state index in [-0.39, 0.29) is 0 Å². The van der Waals surface area contributed by atoms with Crippen LogP contribution in [0.4, 0.5) is 5.13 Å². The summed E-state index contributed by atoms with van der Waals surface area (Å²) in [5.41, 5.74) is 5.55. The fraction of sp³-hybridized carbons (Fsp3) is 0.818. The molecule has 0 amide bonds. The van der Waals surface area contributed by atoms with E-state index in [1.54, 1.807) is 0 Å². The summed E-state index contributed by atoms with van der Waals surface area (Å²) in [4.78, 5) is 0. The third kappa shape index (κ3) is 3.16. The van der Waals surface area contributed by atoms with Gasteiger partial charge in [0.05, 0.1) is 0 Å². The number of hydrogen-bond donors (Lipinski definition) is 1. The molecule has 0 radical (unpaired) electrons. The quantitative estimate of drug-likeness (QED) is 0.860. The Balaban J connectivity index is 1.74. The Morgan fingerprint density at radius 1 is 1.27 bits per heavy atom. The van der Waals surface area contributed by atoms with E-state index < -0.39 is 0 Å². The Morgan fingerprint density at radius 2 is 2.00 bits per heavy atom. The second-order valence-electron chi connectivity index (χ2n) is 4.70. The van der Waals surface area contributed by atoms with Crippen LogP contribution in [0.3, 0.4) is 0 Å². The zero-order valence-corrected chi connectivity index (χ0v) is 10.1. The number of nitrogen functional groups attached to an aromatic ring is 1. The first kappa shape index (κ1) is 10.9. The van der Waals surface area contributed by atoms with E-state index in [1.807, 2.05) is 0 Å². The third-order valence-electron chi connectivity index (χ3n) is 3.38. The smallest absolute Gasteiger partial charge is 0.203 e. The molecule has 1 aliphatic carbocycles. The Bertz CT molecular complexity index is 303. The van der Waals surface area contributed by atoms with Crippen LogP contribution in [0.1, 0.15) is 44.0 Å². The van der Waals surface area contributed by atoms with Crippen LogP contribution in [0, 0.1) is 11.8 Å². The molecular formula is C11H19N3S. The highest BCUT2D eigenvalue weighted by molar-refractivity contribution is 7.15. The van der Waals surface area contributed by atoms with E-state index in [0.717, 1.165) is 23.3 Å². The maximum Gasteiger partial charge on any atom is 0.203 e. The summed E-state index contributed by atoms with van der Waals surface area (Å²) in [5, 5.41) is 9.60. The molecule has 0 unspecified atom stereocenters. The average Bonchev–Trinajstić information content (AvgIpc) is 2.64. The summed E-state index contributed by atoms with van der Waals surface area (Å²) in [7, 11) is 0. The van der Waals surface area contributed by atoms with Gasteiger partial charge in [0.25, 0.3) is 0 Å². The van der Waals surface area contributed by atoms with Crippen molar-refractivity contribution in [2.24, 2.45) is 11.8 Å². The van der Waals surface area contributed by atoms with Gasteiger partial charge >= 0.3 is 0 Å². The summed E-state index contributed by atoms with van der Waals surface area (Å²) in [6.45, 7) is 2.36. The minimum atomic E-state index is 0.599. The van der Waals surface area contributed by atoms with Crippen molar-refractivity contribution < 1.29 is 0 Å². The Labute approximate surface area is 95.1 Å². The second kappa shape index (κ2) is 4.92. The van der Waals surface area contributed by atoms with E-state index in [4.69, 9.17) is 5.73 Å². The van der Waals surface area contributed by atoms with Crippen molar-refractivity contribution in [3.8, 4) is 0 Å².